The third-order valence-corrected chi connectivity index (χ3v) is 3.04. The van der Waals surface area contributed by atoms with Gasteiger partial charge in [0.15, 0.2) is 5.70 Å². The summed E-state index contributed by atoms with van der Waals surface area (Å²) in [7, 11) is 0. The second-order valence-electron chi connectivity index (χ2n) is 4.06. The molecule has 0 spiro atoms. The lowest BCUT2D eigenvalue weighted by Crippen LogP contribution is -2.67. The van der Waals surface area contributed by atoms with Crippen LogP contribution in [0.15, 0.2) is 11.5 Å². The van der Waals surface area contributed by atoms with Crippen LogP contribution >= 0.6 is 0 Å². The summed E-state index contributed by atoms with van der Waals surface area (Å²) in [6.07, 6.45) is -0.786. The molecule has 1 saturated heterocycles. The Morgan fingerprint density at radius 2 is 2.25 bits per heavy atom. The Bertz CT molecular complexity index is 387. The molecule has 2 aliphatic heterocycles. The Labute approximate surface area is 92.1 Å². The van der Waals surface area contributed by atoms with Crippen LogP contribution in [0.1, 0.15) is 13.8 Å². The van der Waals surface area contributed by atoms with Gasteiger partial charge < -0.3 is 14.9 Å². The largest absolute Gasteiger partial charge is 0.494 e. The molecular weight excluding hydrogens is 214 g/mol. The molecule has 88 valence electrons. The van der Waals surface area contributed by atoms with Gasteiger partial charge in [-0.25, -0.2) is 4.79 Å². The van der Waals surface area contributed by atoms with Gasteiger partial charge in [0.1, 0.15) is 12.4 Å². The minimum Gasteiger partial charge on any atom is -0.494 e. The number of allylic oxidation sites excluding steroid dienone is 1. The van der Waals surface area contributed by atoms with Crippen molar-refractivity contribution < 1.29 is 24.5 Å². The van der Waals surface area contributed by atoms with Crippen molar-refractivity contribution in [3.8, 4) is 0 Å². The van der Waals surface area contributed by atoms with Gasteiger partial charge in [0.05, 0.1) is 18.1 Å². The zero-order valence-corrected chi connectivity index (χ0v) is 9.01. The van der Waals surface area contributed by atoms with E-state index < -0.39 is 18.0 Å². The highest BCUT2D eigenvalue weighted by molar-refractivity contribution is 5.98. The van der Waals surface area contributed by atoms with Crippen molar-refractivity contribution in [3.05, 3.63) is 11.5 Å². The summed E-state index contributed by atoms with van der Waals surface area (Å²) in [4.78, 5) is 23.9. The first-order valence-electron chi connectivity index (χ1n) is 5.03. The Kier molecular flexibility index (Phi) is 2.38. The van der Waals surface area contributed by atoms with Gasteiger partial charge in [-0.15, -0.1) is 0 Å². The topological polar surface area (TPSA) is 87.1 Å². The third-order valence-electron chi connectivity index (χ3n) is 3.04. The second-order valence-corrected chi connectivity index (χ2v) is 4.06. The van der Waals surface area contributed by atoms with Crippen molar-refractivity contribution in [1.29, 1.82) is 0 Å². The van der Waals surface area contributed by atoms with E-state index >= 15 is 0 Å². The smallest absolute Gasteiger partial charge is 0.356 e. The summed E-state index contributed by atoms with van der Waals surface area (Å²) in [6.45, 7) is 3.28. The van der Waals surface area contributed by atoms with E-state index in [0.29, 0.717) is 0 Å². The van der Waals surface area contributed by atoms with E-state index in [-0.39, 0.29) is 30.0 Å². The molecule has 3 atom stereocenters. The Morgan fingerprint density at radius 1 is 1.62 bits per heavy atom. The lowest BCUT2D eigenvalue weighted by molar-refractivity contribution is -0.171. The summed E-state index contributed by atoms with van der Waals surface area (Å²) in [5.74, 6) is -1.84. The molecule has 2 aliphatic rings. The first-order valence-corrected chi connectivity index (χ1v) is 5.03. The van der Waals surface area contributed by atoms with Gasteiger partial charge in [-0.2, -0.15) is 0 Å². The fraction of sp³-hybridized carbons (Fsp3) is 0.600. The number of carboxylic acids is 1. The number of hydrogen-bond acceptors (Lipinski definition) is 4. The first-order chi connectivity index (χ1) is 7.45. The SMILES string of the molecule is CC1=C(C(=O)O)N2C(=O)[C@@H]([C@H](C)O)[C@@H]2CO1. The zero-order valence-electron chi connectivity index (χ0n) is 9.01. The number of hydrogen-bond donors (Lipinski definition) is 2. The molecule has 2 heterocycles. The van der Waals surface area contributed by atoms with Crippen LogP contribution in [0.25, 0.3) is 0 Å². The number of fused-ring (bicyclic) bond motifs is 1. The van der Waals surface area contributed by atoms with E-state index in [1.165, 1.54) is 18.7 Å². The quantitative estimate of drug-likeness (QED) is 0.623. The highest BCUT2D eigenvalue weighted by Gasteiger charge is 2.55. The number of carbonyl (C=O) groups excluding carboxylic acids is 1. The van der Waals surface area contributed by atoms with Crippen molar-refractivity contribution in [2.24, 2.45) is 5.92 Å². The van der Waals surface area contributed by atoms with E-state index in [1.54, 1.807) is 0 Å². The van der Waals surface area contributed by atoms with Gasteiger partial charge >= 0.3 is 5.97 Å². The normalized spacial score (nSPS) is 30.4. The molecule has 0 aromatic heterocycles. The molecule has 2 rings (SSSR count). The third kappa shape index (κ3) is 1.30. The molecule has 0 saturated carbocycles. The molecule has 0 aromatic rings. The number of aliphatic hydroxyl groups excluding tert-OH is 1. The van der Waals surface area contributed by atoms with Crippen LogP contribution in [0, 0.1) is 5.92 Å². The molecule has 1 amide bonds. The van der Waals surface area contributed by atoms with Crippen LogP contribution in [-0.4, -0.2) is 45.7 Å². The number of carboxylic acid groups (broad SMARTS) is 1. The van der Waals surface area contributed by atoms with Crippen molar-refractivity contribution in [3.63, 3.8) is 0 Å². The van der Waals surface area contributed by atoms with Crippen LogP contribution in [-0.2, 0) is 14.3 Å². The minimum absolute atomic E-state index is 0.113. The Morgan fingerprint density at radius 3 is 2.75 bits per heavy atom. The van der Waals surface area contributed by atoms with Gasteiger partial charge in [0, 0.05) is 0 Å². The maximum absolute atomic E-state index is 11.7. The van der Waals surface area contributed by atoms with Crippen LogP contribution in [0.5, 0.6) is 0 Å². The molecule has 0 radical (unpaired) electrons. The predicted octanol–water partition coefficient (Wildman–Crippen LogP) is -0.460. The minimum atomic E-state index is -1.18. The Balaban J connectivity index is 2.31. The molecule has 6 heteroatoms. The summed E-state index contributed by atoms with van der Waals surface area (Å²) < 4.78 is 5.21. The number of rotatable bonds is 2. The molecular formula is C10H13NO5. The molecule has 0 aliphatic carbocycles. The van der Waals surface area contributed by atoms with Crippen molar-refractivity contribution in [1.82, 2.24) is 4.90 Å². The van der Waals surface area contributed by atoms with E-state index in [4.69, 9.17) is 9.84 Å². The standard InChI is InChI=1S/C10H13NO5/c1-4(12)7-6-3-16-5(2)8(10(14)15)11(6)9(7)13/h4,6-7,12H,3H2,1-2H3,(H,14,15)/t4-,6-,7-/m0/s1. The molecule has 0 bridgehead atoms. The molecule has 1 fully saturated rings. The highest BCUT2D eigenvalue weighted by atomic mass is 16.5. The molecule has 16 heavy (non-hydrogen) atoms. The van der Waals surface area contributed by atoms with E-state index in [9.17, 15) is 14.7 Å². The van der Waals surface area contributed by atoms with Crippen molar-refractivity contribution >= 4 is 11.9 Å². The summed E-state index contributed by atoms with van der Waals surface area (Å²) >= 11 is 0. The van der Waals surface area contributed by atoms with Gasteiger partial charge in [-0.3, -0.25) is 9.69 Å². The van der Waals surface area contributed by atoms with Crippen molar-refractivity contribution in [2.45, 2.75) is 26.0 Å². The molecule has 6 nitrogen and oxygen atoms in total. The lowest BCUT2D eigenvalue weighted by atomic mass is 9.82. The summed E-state index contributed by atoms with van der Waals surface area (Å²) in [6, 6.07) is -0.359. The second kappa shape index (κ2) is 3.48. The van der Waals surface area contributed by atoms with Crippen LogP contribution in [0.4, 0.5) is 0 Å². The van der Waals surface area contributed by atoms with E-state index in [1.807, 2.05) is 0 Å². The van der Waals surface area contributed by atoms with Gasteiger partial charge in [-0.1, -0.05) is 0 Å². The van der Waals surface area contributed by atoms with Crippen molar-refractivity contribution in [2.75, 3.05) is 6.61 Å². The van der Waals surface area contributed by atoms with Gasteiger partial charge in [-0.05, 0) is 13.8 Å². The van der Waals surface area contributed by atoms with E-state index in [2.05, 4.69) is 0 Å². The number of ether oxygens (including phenoxy) is 1. The average Bonchev–Trinajstić information content (AvgIpc) is 2.17. The number of amides is 1. The predicted molar refractivity (Wildman–Crippen MR) is 52.1 cm³/mol. The van der Waals surface area contributed by atoms with Crippen LogP contribution in [0.2, 0.25) is 0 Å². The number of β-lactam (4-membered cyclic amide) rings is 1. The van der Waals surface area contributed by atoms with Gasteiger partial charge in [0.25, 0.3) is 0 Å². The molecule has 2 N–H and O–H groups in total. The fourth-order valence-electron chi connectivity index (χ4n) is 2.25. The monoisotopic (exact) mass is 227 g/mol. The zero-order chi connectivity index (χ0) is 12.0. The van der Waals surface area contributed by atoms with Crippen LogP contribution in [0.3, 0.4) is 0 Å². The number of aliphatic hydroxyl groups is 1. The lowest BCUT2D eigenvalue weighted by Gasteiger charge is -2.50. The average molecular weight is 227 g/mol. The fourth-order valence-corrected chi connectivity index (χ4v) is 2.25. The molecule has 0 aromatic carbocycles. The van der Waals surface area contributed by atoms with Crippen LogP contribution < -0.4 is 0 Å². The summed E-state index contributed by atoms with van der Waals surface area (Å²) in [5.41, 5.74) is -0.113. The van der Waals surface area contributed by atoms with Gasteiger partial charge in [0.2, 0.25) is 5.91 Å². The first kappa shape index (κ1) is 10.9. The Hall–Kier alpha value is -1.56. The number of nitrogens with zero attached hydrogens (tertiary/aromatic N) is 1. The maximum atomic E-state index is 11.7. The summed E-state index contributed by atoms with van der Waals surface area (Å²) in [5, 5.41) is 18.4. The number of carbonyl (C=O) groups is 2. The maximum Gasteiger partial charge on any atom is 0.356 e. The van der Waals surface area contributed by atoms with E-state index in [0.717, 1.165) is 0 Å². The number of aliphatic carboxylic acids is 1. The highest BCUT2D eigenvalue weighted by Crippen LogP contribution is 2.37. The molecule has 0 unspecified atom stereocenters.